The molecule has 5 nitrogen and oxygen atoms in total. The zero-order valence-electron chi connectivity index (χ0n) is 18.8. The van der Waals surface area contributed by atoms with Crippen LogP contribution in [0.2, 0.25) is 0 Å². The summed E-state index contributed by atoms with van der Waals surface area (Å²) in [4.78, 5) is 15.3. The molecule has 1 aliphatic heterocycles. The third kappa shape index (κ3) is 4.42. The molecule has 0 radical (unpaired) electrons. The molecule has 0 N–H and O–H groups in total. The maximum absolute atomic E-state index is 13.4. The van der Waals surface area contributed by atoms with Crippen LogP contribution in [0.15, 0.2) is 66.7 Å². The Hall–Kier alpha value is -3.47. The van der Waals surface area contributed by atoms with E-state index < -0.39 is 0 Å². The van der Waals surface area contributed by atoms with E-state index in [0.717, 1.165) is 29.7 Å². The van der Waals surface area contributed by atoms with Crippen molar-refractivity contribution in [2.75, 3.05) is 27.4 Å². The summed E-state index contributed by atoms with van der Waals surface area (Å²) < 4.78 is 17.2. The van der Waals surface area contributed by atoms with Gasteiger partial charge < -0.3 is 19.1 Å². The lowest BCUT2D eigenvalue weighted by molar-refractivity contribution is 0.0589. The molecule has 0 saturated carbocycles. The van der Waals surface area contributed by atoms with Gasteiger partial charge in [0.1, 0.15) is 12.4 Å². The van der Waals surface area contributed by atoms with Crippen LogP contribution >= 0.6 is 0 Å². The number of hydrogen-bond acceptors (Lipinski definition) is 4. The first-order valence-electron chi connectivity index (χ1n) is 11.0. The first kappa shape index (κ1) is 21.8. The molecule has 1 heterocycles. The van der Waals surface area contributed by atoms with Crippen LogP contribution in [0.1, 0.15) is 40.0 Å². The molecule has 1 amide bonds. The highest BCUT2D eigenvalue weighted by atomic mass is 16.5. The minimum Gasteiger partial charge on any atom is -0.493 e. The number of methoxy groups -OCH3 is 2. The average Bonchev–Trinajstić information content (AvgIpc) is 2.86. The molecule has 0 spiro atoms. The van der Waals surface area contributed by atoms with Crippen molar-refractivity contribution in [2.24, 2.45) is 0 Å². The lowest BCUT2D eigenvalue weighted by Crippen LogP contribution is -2.42. The molecule has 4 rings (SSSR count). The number of nitrogens with zero attached hydrogens (tertiary/aromatic N) is 1. The summed E-state index contributed by atoms with van der Waals surface area (Å²) in [6.07, 6.45) is 1.73. The van der Waals surface area contributed by atoms with E-state index >= 15 is 0 Å². The Labute approximate surface area is 189 Å². The summed E-state index contributed by atoms with van der Waals surface area (Å²) in [5.74, 6) is 2.14. The van der Waals surface area contributed by atoms with Crippen LogP contribution in [0, 0.1) is 0 Å². The minimum absolute atomic E-state index is 0.000894. The Morgan fingerprint density at radius 1 is 0.969 bits per heavy atom. The van der Waals surface area contributed by atoms with E-state index in [2.05, 4.69) is 19.1 Å². The molecular weight excluding hydrogens is 402 g/mol. The highest BCUT2D eigenvalue weighted by Crippen LogP contribution is 2.39. The summed E-state index contributed by atoms with van der Waals surface area (Å²) in [5.41, 5.74) is 4.12. The van der Waals surface area contributed by atoms with E-state index in [1.165, 1.54) is 5.56 Å². The van der Waals surface area contributed by atoms with Crippen LogP contribution in [0.25, 0.3) is 0 Å². The van der Waals surface area contributed by atoms with Crippen molar-refractivity contribution in [1.29, 1.82) is 0 Å². The largest absolute Gasteiger partial charge is 0.493 e. The van der Waals surface area contributed by atoms with Crippen LogP contribution in [-0.4, -0.2) is 38.2 Å². The van der Waals surface area contributed by atoms with Crippen LogP contribution in [0.3, 0.4) is 0 Å². The highest BCUT2D eigenvalue weighted by molar-refractivity contribution is 5.94. The molecule has 1 aliphatic rings. The standard InChI is InChI=1S/C27H29NO4/c1-4-19-10-12-22(13-11-19)32-18-24-23-17-26(31-3)25(30-2)16-21(23)14-15-28(24)27(29)20-8-6-5-7-9-20/h5-13,16-17,24H,4,14-15,18H2,1-3H3/t24-/m1/s1. The predicted molar refractivity (Wildman–Crippen MR) is 125 cm³/mol. The number of carbonyl (C=O) groups is 1. The lowest BCUT2D eigenvalue weighted by Gasteiger charge is -2.37. The normalized spacial score (nSPS) is 15.1. The minimum atomic E-state index is -0.239. The van der Waals surface area contributed by atoms with Gasteiger partial charge in [-0.15, -0.1) is 0 Å². The van der Waals surface area contributed by atoms with Gasteiger partial charge in [-0.1, -0.05) is 37.3 Å². The van der Waals surface area contributed by atoms with Gasteiger partial charge in [-0.3, -0.25) is 4.79 Å². The fourth-order valence-electron chi connectivity index (χ4n) is 4.19. The second-order valence-corrected chi connectivity index (χ2v) is 7.84. The average molecular weight is 432 g/mol. The van der Waals surface area contributed by atoms with Crippen molar-refractivity contribution >= 4 is 5.91 Å². The molecule has 0 aromatic heterocycles. The van der Waals surface area contributed by atoms with Crippen molar-refractivity contribution in [2.45, 2.75) is 25.8 Å². The summed E-state index contributed by atoms with van der Waals surface area (Å²) in [6.45, 7) is 3.09. The fourth-order valence-corrected chi connectivity index (χ4v) is 4.19. The van der Waals surface area contributed by atoms with E-state index in [0.29, 0.717) is 30.2 Å². The molecule has 0 saturated heterocycles. The van der Waals surface area contributed by atoms with Crippen molar-refractivity contribution in [3.8, 4) is 17.2 Å². The van der Waals surface area contributed by atoms with Gasteiger partial charge in [0, 0.05) is 12.1 Å². The Morgan fingerprint density at radius 3 is 2.31 bits per heavy atom. The van der Waals surface area contributed by atoms with Gasteiger partial charge in [-0.05, 0) is 65.9 Å². The lowest BCUT2D eigenvalue weighted by atomic mass is 9.91. The van der Waals surface area contributed by atoms with Crippen LogP contribution in [0.5, 0.6) is 17.2 Å². The van der Waals surface area contributed by atoms with Crippen LogP contribution in [-0.2, 0) is 12.8 Å². The molecule has 3 aromatic rings. The van der Waals surface area contributed by atoms with Crippen molar-refractivity contribution < 1.29 is 19.0 Å². The molecule has 0 unspecified atom stereocenters. The van der Waals surface area contributed by atoms with Gasteiger partial charge in [-0.2, -0.15) is 0 Å². The Balaban J connectivity index is 1.68. The molecule has 0 bridgehead atoms. The van der Waals surface area contributed by atoms with E-state index in [4.69, 9.17) is 14.2 Å². The van der Waals surface area contributed by atoms with E-state index in [1.54, 1.807) is 14.2 Å². The van der Waals surface area contributed by atoms with Gasteiger partial charge >= 0.3 is 0 Å². The second kappa shape index (κ2) is 9.77. The van der Waals surface area contributed by atoms with Crippen molar-refractivity contribution in [1.82, 2.24) is 4.90 Å². The number of ether oxygens (including phenoxy) is 3. The molecule has 1 atom stereocenters. The van der Waals surface area contributed by atoms with E-state index in [1.807, 2.05) is 59.5 Å². The van der Waals surface area contributed by atoms with Gasteiger partial charge in [-0.25, -0.2) is 0 Å². The number of rotatable bonds is 7. The number of aryl methyl sites for hydroxylation is 1. The maximum Gasteiger partial charge on any atom is 0.254 e. The number of carbonyl (C=O) groups excluding carboxylic acids is 1. The molecule has 32 heavy (non-hydrogen) atoms. The number of benzene rings is 3. The molecular formula is C27H29NO4. The molecule has 5 heteroatoms. The summed E-state index contributed by atoms with van der Waals surface area (Å²) >= 11 is 0. The second-order valence-electron chi connectivity index (χ2n) is 7.84. The first-order chi connectivity index (χ1) is 15.6. The van der Waals surface area contributed by atoms with E-state index in [-0.39, 0.29) is 11.9 Å². The molecule has 166 valence electrons. The quantitative estimate of drug-likeness (QED) is 0.523. The van der Waals surface area contributed by atoms with Crippen molar-refractivity contribution in [3.05, 3.63) is 89.0 Å². The Kier molecular flexibility index (Phi) is 6.64. The van der Waals surface area contributed by atoms with Gasteiger partial charge in [0.15, 0.2) is 11.5 Å². The zero-order valence-corrected chi connectivity index (χ0v) is 18.8. The van der Waals surface area contributed by atoms with Gasteiger partial charge in [0.2, 0.25) is 0 Å². The highest BCUT2D eigenvalue weighted by Gasteiger charge is 2.33. The van der Waals surface area contributed by atoms with Gasteiger partial charge in [0.25, 0.3) is 5.91 Å². The smallest absolute Gasteiger partial charge is 0.254 e. The Bertz CT molecular complexity index is 1060. The SMILES string of the molecule is CCc1ccc(OC[C@@H]2c3cc(OC)c(OC)cc3CCN2C(=O)c2ccccc2)cc1. The zero-order chi connectivity index (χ0) is 22.5. The third-order valence-electron chi connectivity index (χ3n) is 6.02. The topological polar surface area (TPSA) is 48.0 Å². The summed E-state index contributed by atoms with van der Waals surface area (Å²) in [5, 5.41) is 0. The van der Waals surface area contributed by atoms with E-state index in [9.17, 15) is 4.79 Å². The fraction of sp³-hybridized carbons (Fsp3) is 0.296. The monoisotopic (exact) mass is 431 g/mol. The predicted octanol–water partition coefficient (Wildman–Crippen LogP) is 5.08. The molecule has 0 fully saturated rings. The van der Waals surface area contributed by atoms with Crippen molar-refractivity contribution in [3.63, 3.8) is 0 Å². The molecule has 3 aromatic carbocycles. The van der Waals surface area contributed by atoms with Gasteiger partial charge in [0.05, 0.1) is 20.3 Å². The summed E-state index contributed by atoms with van der Waals surface area (Å²) in [6, 6.07) is 21.3. The first-order valence-corrected chi connectivity index (χ1v) is 11.0. The number of hydrogen-bond donors (Lipinski definition) is 0. The van der Waals surface area contributed by atoms with Crippen LogP contribution < -0.4 is 14.2 Å². The number of amides is 1. The summed E-state index contributed by atoms with van der Waals surface area (Å²) in [7, 11) is 3.26. The third-order valence-corrected chi connectivity index (χ3v) is 6.02. The maximum atomic E-state index is 13.4. The Morgan fingerprint density at radius 2 is 1.66 bits per heavy atom. The number of fused-ring (bicyclic) bond motifs is 1. The van der Waals surface area contributed by atoms with Crippen LogP contribution in [0.4, 0.5) is 0 Å². The molecule has 0 aliphatic carbocycles.